The second-order valence-electron chi connectivity index (χ2n) is 25.2. The summed E-state index contributed by atoms with van der Waals surface area (Å²) >= 11 is 0. The van der Waals surface area contributed by atoms with Gasteiger partial charge in [0, 0.05) is 56.1 Å². The Labute approximate surface area is 427 Å². The first-order chi connectivity index (χ1) is 31.4. The van der Waals surface area contributed by atoms with Crippen molar-refractivity contribution in [2.75, 3.05) is 27.8 Å². The monoisotopic (exact) mass is 1030 g/mol. The van der Waals surface area contributed by atoms with Gasteiger partial charge in [-0.1, -0.05) is 159 Å². The van der Waals surface area contributed by atoms with Crippen LogP contribution in [0.3, 0.4) is 0 Å². The second-order valence-corrected chi connectivity index (χ2v) is 39.5. The number of ether oxygens (including phenoxy) is 6. The summed E-state index contributed by atoms with van der Waals surface area (Å²) < 4.78 is 58.4. The summed E-state index contributed by atoms with van der Waals surface area (Å²) in [5, 5.41) is 0.0505. The van der Waals surface area contributed by atoms with Gasteiger partial charge in [-0.05, 0) is 73.7 Å². The lowest BCUT2D eigenvalue weighted by Crippen LogP contribution is -2.58. The SMILES string of the molecule is C=CC=C[C@H](C)[C@H](OC(N)=O)[C@@H](C)[C@H](O[Si](C)(C)C(C)(C)C)[C@@H](C)CC(C)=C[C@H](C)[C@@H](OCOC)[C@@H](C)C=C[C@H](C[C@@H]1O[C@@H](O[Si](C)(C)C(C)(C)C)[C@H](C)[C@@H](O[Si](C)(C)C(C)(C)C)[C@H]1C)OCOC. The van der Waals surface area contributed by atoms with Crippen molar-refractivity contribution in [2.24, 2.45) is 47.2 Å². The van der Waals surface area contributed by atoms with E-state index in [4.69, 9.17) is 47.4 Å². The zero-order valence-electron chi connectivity index (χ0n) is 48.7. The van der Waals surface area contributed by atoms with Crippen molar-refractivity contribution < 1.29 is 46.5 Å². The third-order valence-corrected chi connectivity index (χ3v) is 29.5. The molecule has 0 bridgehead atoms. The Hall–Kier alpha value is -1.44. The average Bonchev–Trinajstić information content (AvgIpc) is 3.20. The van der Waals surface area contributed by atoms with Crippen LogP contribution in [-0.4, -0.2) is 102 Å². The van der Waals surface area contributed by atoms with Gasteiger partial charge in [0.1, 0.15) is 19.7 Å². The Morgan fingerprint density at radius 1 is 0.696 bits per heavy atom. The summed E-state index contributed by atoms with van der Waals surface area (Å²) in [6, 6.07) is 0. The molecule has 0 radical (unpaired) electrons. The fraction of sp³-hybridized carbons (Fsp3) is 0.836. The first-order valence-electron chi connectivity index (χ1n) is 25.9. The van der Waals surface area contributed by atoms with Gasteiger partial charge in [-0.15, -0.1) is 0 Å². The maximum atomic E-state index is 12.3. The van der Waals surface area contributed by atoms with Gasteiger partial charge in [0.2, 0.25) is 0 Å². The zero-order chi connectivity index (χ0) is 53.7. The summed E-state index contributed by atoms with van der Waals surface area (Å²) in [6.45, 7) is 55.9. The van der Waals surface area contributed by atoms with Crippen molar-refractivity contribution in [2.45, 2.75) is 228 Å². The van der Waals surface area contributed by atoms with Crippen LogP contribution in [0, 0.1) is 41.4 Å². The molecular weight excluding hydrogens is 919 g/mol. The Morgan fingerprint density at radius 3 is 1.70 bits per heavy atom. The quantitative estimate of drug-likeness (QED) is 0.0350. The number of allylic oxidation sites excluding steroid dienone is 3. The minimum atomic E-state index is -2.26. The van der Waals surface area contributed by atoms with Gasteiger partial charge in [0.15, 0.2) is 31.2 Å². The van der Waals surface area contributed by atoms with Crippen molar-refractivity contribution in [3.63, 3.8) is 0 Å². The Morgan fingerprint density at radius 2 is 1.20 bits per heavy atom. The van der Waals surface area contributed by atoms with Crippen LogP contribution < -0.4 is 5.73 Å². The highest BCUT2D eigenvalue weighted by atomic mass is 28.4. The molecule has 1 heterocycles. The van der Waals surface area contributed by atoms with Crippen LogP contribution in [-0.2, 0) is 41.7 Å². The Kier molecular flexibility index (Phi) is 26.4. The number of nitrogens with two attached hydrogens (primary N) is 1. The van der Waals surface area contributed by atoms with E-state index in [0.717, 1.165) is 6.42 Å². The molecular formula is C55H107NO10Si3. The molecule has 0 saturated carbocycles. The summed E-state index contributed by atoms with van der Waals surface area (Å²) in [7, 11) is -3.30. The lowest BCUT2D eigenvalue weighted by Gasteiger charge is -2.51. The number of methoxy groups -OCH3 is 2. The third-order valence-electron chi connectivity index (χ3n) is 16.1. The lowest BCUT2D eigenvalue weighted by molar-refractivity contribution is -0.237. The van der Waals surface area contributed by atoms with Crippen LogP contribution in [0.15, 0.2) is 48.6 Å². The summed E-state index contributed by atoms with van der Waals surface area (Å²) in [6.07, 6.45) is 11.1. The molecule has 1 aliphatic heterocycles. The highest BCUT2D eigenvalue weighted by Crippen LogP contribution is 2.46. The number of hydrogen-bond acceptors (Lipinski definition) is 10. The molecule has 0 spiro atoms. The molecule has 1 fully saturated rings. The van der Waals surface area contributed by atoms with E-state index in [1.54, 1.807) is 20.3 Å². The van der Waals surface area contributed by atoms with E-state index in [9.17, 15) is 4.79 Å². The molecule has 11 nitrogen and oxygen atoms in total. The van der Waals surface area contributed by atoms with Crippen molar-refractivity contribution in [3.8, 4) is 0 Å². The predicted molar refractivity (Wildman–Crippen MR) is 295 cm³/mol. The number of carbonyl (C=O) groups excluding carboxylic acids is 1. The minimum Gasteiger partial charge on any atom is -0.445 e. The van der Waals surface area contributed by atoms with Crippen LogP contribution in [0.25, 0.3) is 0 Å². The van der Waals surface area contributed by atoms with Gasteiger partial charge in [-0.3, -0.25) is 0 Å². The summed E-state index contributed by atoms with van der Waals surface area (Å²) in [4.78, 5) is 12.3. The first kappa shape index (κ1) is 65.6. The largest absolute Gasteiger partial charge is 0.445 e. The van der Waals surface area contributed by atoms with Crippen molar-refractivity contribution >= 4 is 31.0 Å². The molecule has 0 aliphatic carbocycles. The van der Waals surface area contributed by atoms with E-state index >= 15 is 0 Å². The van der Waals surface area contributed by atoms with E-state index in [0.29, 0.717) is 6.42 Å². The number of primary amides is 1. The molecule has 0 unspecified atom stereocenters. The van der Waals surface area contributed by atoms with E-state index in [-0.39, 0.29) is 101 Å². The summed E-state index contributed by atoms with van der Waals surface area (Å²) in [5.74, 6) is -0.000289. The average molecular weight is 1030 g/mol. The zero-order valence-corrected chi connectivity index (χ0v) is 51.7. The van der Waals surface area contributed by atoms with Crippen molar-refractivity contribution in [3.05, 3.63) is 48.6 Å². The van der Waals surface area contributed by atoms with E-state index < -0.39 is 43.4 Å². The molecule has 69 heavy (non-hydrogen) atoms. The molecule has 1 saturated heterocycles. The Bertz CT molecular complexity index is 1630. The van der Waals surface area contributed by atoms with E-state index in [1.807, 2.05) is 19.1 Å². The molecule has 0 aromatic carbocycles. The number of hydrogen-bond donors (Lipinski definition) is 1. The van der Waals surface area contributed by atoms with Crippen LogP contribution in [0.4, 0.5) is 4.79 Å². The van der Waals surface area contributed by atoms with Crippen LogP contribution in [0.1, 0.15) is 131 Å². The van der Waals surface area contributed by atoms with Crippen LogP contribution in [0.5, 0.6) is 0 Å². The summed E-state index contributed by atoms with van der Waals surface area (Å²) in [5.41, 5.74) is 6.90. The van der Waals surface area contributed by atoms with Crippen LogP contribution >= 0.6 is 0 Å². The van der Waals surface area contributed by atoms with Gasteiger partial charge >= 0.3 is 6.09 Å². The molecule has 14 heteroatoms. The fourth-order valence-electron chi connectivity index (χ4n) is 8.67. The molecule has 14 atom stereocenters. The van der Waals surface area contributed by atoms with E-state index in [1.165, 1.54) is 5.57 Å². The van der Waals surface area contributed by atoms with Gasteiger partial charge < -0.3 is 47.4 Å². The van der Waals surface area contributed by atoms with Gasteiger partial charge in [-0.2, -0.15) is 0 Å². The van der Waals surface area contributed by atoms with Crippen LogP contribution in [0.2, 0.25) is 54.4 Å². The van der Waals surface area contributed by atoms with Gasteiger partial charge in [0.05, 0.1) is 30.5 Å². The smallest absolute Gasteiger partial charge is 0.404 e. The predicted octanol–water partition coefficient (Wildman–Crippen LogP) is 14.4. The maximum absolute atomic E-state index is 12.3. The third kappa shape index (κ3) is 20.1. The highest BCUT2D eigenvalue weighted by Gasteiger charge is 2.51. The highest BCUT2D eigenvalue weighted by molar-refractivity contribution is 6.75. The molecule has 1 amide bonds. The van der Waals surface area contributed by atoms with Gasteiger partial charge in [0.25, 0.3) is 0 Å². The number of amides is 1. The minimum absolute atomic E-state index is 0.00850. The Balaban J connectivity index is 3.63. The van der Waals surface area contributed by atoms with E-state index in [2.05, 4.69) is 175 Å². The van der Waals surface area contributed by atoms with Gasteiger partial charge in [-0.25, -0.2) is 4.79 Å². The molecule has 1 rings (SSSR count). The topological polar surface area (TPSA) is 126 Å². The fourth-order valence-corrected chi connectivity index (χ4v) is 12.8. The maximum Gasteiger partial charge on any atom is 0.404 e. The van der Waals surface area contributed by atoms with Crippen molar-refractivity contribution in [1.82, 2.24) is 0 Å². The second kappa shape index (κ2) is 27.7. The molecule has 0 aromatic heterocycles. The van der Waals surface area contributed by atoms with Crippen molar-refractivity contribution in [1.29, 1.82) is 0 Å². The lowest BCUT2D eigenvalue weighted by atomic mass is 9.81. The number of carbonyl (C=O) groups is 1. The number of rotatable bonds is 28. The molecule has 404 valence electrons. The first-order valence-corrected chi connectivity index (χ1v) is 34.6. The standard InChI is InChI=1S/C55H107NO10Si3/c1-27-28-29-38(3)48(63-52(56)57)43(8)49(64-67(21,22)53(10,11)12)41(6)33-37(2)32-40(5)47(61-36-59-20)39(4)30-31-45(60-35-58-19)34-46-42(7)50(65-68(23,24)54(13,14)15)44(9)51(62-46)66-69(25,26)55(16,17)18/h27-32,38-51H,1,33-36H2,2-26H3,(H2,56,57)/t38-,39-,40-,41-,42-,43+,44+,45+,46-,47-,48-,49+,50-,51-/m0/s1. The normalized spacial score (nSPS) is 24.7. The molecule has 0 aromatic rings. The molecule has 1 aliphatic rings. The molecule has 2 N–H and O–H groups in total.